The third-order valence-electron chi connectivity index (χ3n) is 2.69. The number of rotatable bonds is 2. The van der Waals surface area contributed by atoms with Gasteiger partial charge in [0.15, 0.2) is 0 Å². The molecule has 2 rings (SSSR count). The van der Waals surface area contributed by atoms with Crippen molar-refractivity contribution in [3.63, 3.8) is 0 Å². The number of pyridine rings is 1. The lowest BCUT2D eigenvalue weighted by molar-refractivity contribution is 0.794. The maximum Gasteiger partial charge on any atom is 0.0865 e. The van der Waals surface area contributed by atoms with Crippen LogP contribution >= 0.6 is 0 Å². The number of nitrogens with zero attached hydrogens (tertiary/aromatic N) is 3. The fourth-order valence-electron chi connectivity index (χ4n) is 1.90. The second-order valence-electron chi connectivity index (χ2n) is 3.46. The third-order valence-corrected chi connectivity index (χ3v) is 2.69. The minimum Gasteiger partial charge on any atom is -0.266 e. The summed E-state index contributed by atoms with van der Waals surface area (Å²) < 4.78 is 1.88. The number of fused-ring (bicyclic) bond motifs is 1. The van der Waals surface area contributed by atoms with Gasteiger partial charge in [0.05, 0.1) is 17.9 Å². The van der Waals surface area contributed by atoms with Crippen LogP contribution in [0.1, 0.15) is 25.1 Å². The average molecular weight is 189 g/mol. The Morgan fingerprint density at radius 2 is 2.00 bits per heavy atom. The molecule has 0 spiro atoms. The minimum atomic E-state index is 0.994. The van der Waals surface area contributed by atoms with Gasteiger partial charge in [0.1, 0.15) is 0 Å². The molecule has 0 unspecified atom stereocenters. The zero-order valence-corrected chi connectivity index (χ0v) is 8.91. The van der Waals surface area contributed by atoms with Gasteiger partial charge in [-0.1, -0.05) is 13.8 Å². The summed E-state index contributed by atoms with van der Waals surface area (Å²) in [5.74, 6) is 0. The Kier molecular flexibility index (Phi) is 2.23. The zero-order chi connectivity index (χ0) is 10.1. The molecule has 3 nitrogen and oxygen atoms in total. The highest BCUT2D eigenvalue weighted by molar-refractivity contribution is 5.82. The Hall–Kier alpha value is -1.38. The minimum absolute atomic E-state index is 0.994. The maximum atomic E-state index is 4.47. The van der Waals surface area contributed by atoms with Crippen LogP contribution in [-0.2, 0) is 19.9 Å². The molecule has 2 aromatic heterocycles. The Balaban J connectivity index is 2.77. The van der Waals surface area contributed by atoms with E-state index >= 15 is 0 Å². The molecule has 0 aliphatic rings. The summed E-state index contributed by atoms with van der Waals surface area (Å²) in [7, 11) is 1.95. The Morgan fingerprint density at radius 1 is 1.21 bits per heavy atom. The summed E-state index contributed by atoms with van der Waals surface area (Å²) in [5.41, 5.74) is 3.67. The first-order valence-electron chi connectivity index (χ1n) is 5.06. The van der Waals surface area contributed by atoms with Gasteiger partial charge in [-0.3, -0.25) is 9.67 Å². The SMILES string of the molecule is CCc1ncc2c(cnn2C)c1CC. The fraction of sp³-hybridized carbons (Fsp3) is 0.455. The van der Waals surface area contributed by atoms with Crippen LogP contribution in [0, 0.1) is 0 Å². The molecule has 74 valence electrons. The van der Waals surface area contributed by atoms with Crippen LogP contribution in [-0.4, -0.2) is 14.8 Å². The summed E-state index contributed by atoms with van der Waals surface area (Å²) >= 11 is 0. The van der Waals surface area contributed by atoms with Crippen molar-refractivity contribution in [2.24, 2.45) is 7.05 Å². The van der Waals surface area contributed by atoms with Crippen molar-refractivity contribution < 1.29 is 0 Å². The fourth-order valence-corrected chi connectivity index (χ4v) is 1.90. The lowest BCUT2D eigenvalue weighted by Crippen LogP contribution is -1.97. The summed E-state index contributed by atoms with van der Waals surface area (Å²) in [6.07, 6.45) is 5.88. The molecule has 0 aliphatic carbocycles. The van der Waals surface area contributed by atoms with Crippen molar-refractivity contribution >= 4 is 10.9 Å². The topological polar surface area (TPSA) is 30.7 Å². The number of hydrogen-bond donors (Lipinski definition) is 0. The first-order valence-corrected chi connectivity index (χ1v) is 5.06. The molecule has 0 fully saturated rings. The van der Waals surface area contributed by atoms with E-state index in [4.69, 9.17) is 0 Å². The first kappa shape index (κ1) is 9.19. The van der Waals surface area contributed by atoms with E-state index in [1.165, 1.54) is 16.6 Å². The number of hydrogen-bond acceptors (Lipinski definition) is 2. The van der Waals surface area contributed by atoms with E-state index < -0.39 is 0 Å². The summed E-state index contributed by atoms with van der Waals surface area (Å²) in [6.45, 7) is 4.31. The van der Waals surface area contributed by atoms with E-state index in [9.17, 15) is 0 Å². The van der Waals surface area contributed by atoms with E-state index in [0.29, 0.717) is 0 Å². The molecule has 0 bridgehead atoms. The van der Waals surface area contributed by atoms with E-state index in [0.717, 1.165) is 18.4 Å². The molecule has 2 aromatic rings. The van der Waals surface area contributed by atoms with Crippen molar-refractivity contribution in [1.82, 2.24) is 14.8 Å². The van der Waals surface area contributed by atoms with Crippen molar-refractivity contribution in [1.29, 1.82) is 0 Å². The van der Waals surface area contributed by atoms with Crippen LogP contribution in [0.25, 0.3) is 10.9 Å². The number of aromatic nitrogens is 3. The van der Waals surface area contributed by atoms with Gasteiger partial charge >= 0.3 is 0 Å². The Bertz CT molecular complexity index is 457. The summed E-state index contributed by atoms with van der Waals surface area (Å²) in [6, 6.07) is 0. The van der Waals surface area contributed by atoms with Gasteiger partial charge < -0.3 is 0 Å². The number of aryl methyl sites for hydroxylation is 3. The molecule has 0 aliphatic heterocycles. The monoisotopic (exact) mass is 189 g/mol. The highest BCUT2D eigenvalue weighted by atomic mass is 15.2. The highest BCUT2D eigenvalue weighted by Gasteiger charge is 2.08. The molecule has 0 amide bonds. The molecule has 0 saturated heterocycles. The summed E-state index contributed by atoms with van der Waals surface area (Å²) in [5, 5.41) is 5.51. The van der Waals surface area contributed by atoms with Crippen LogP contribution < -0.4 is 0 Å². The molecule has 0 saturated carbocycles. The summed E-state index contributed by atoms with van der Waals surface area (Å²) in [4.78, 5) is 4.47. The molecule has 3 heteroatoms. The zero-order valence-electron chi connectivity index (χ0n) is 8.91. The van der Waals surface area contributed by atoms with E-state index in [-0.39, 0.29) is 0 Å². The third kappa shape index (κ3) is 1.20. The molecular formula is C11H15N3. The molecule has 2 heterocycles. The molecule has 0 aromatic carbocycles. The molecule has 0 N–H and O–H groups in total. The molecule has 14 heavy (non-hydrogen) atoms. The Labute approximate surface area is 83.8 Å². The van der Waals surface area contributed by atoms with Crippen LogP contribution in [0.4, 0.5) is 0 Å². The van der Waals surface area contributed by atoms with E-state index in [1.54, 1.807) is 0 Å². The van der Waals surface area contributed by atoms with Gasteiger partial charge in [0.25, 0.3) is 0 Å². The van der Waals surface area contributed by atoms with Crippen LogP contribution in [0.2, 0.25) is 0 Å². The largest absolute Gasteiger partial charge is 0.266 e. The molecule has 0 radical (unpaired) electrons. The average Bonchev–Trinajstić information content (AvgIpc) is 2.59. The van der Waals surface area contributed by atoms with Gasteiger partial charge in [-0.2, -0.15) is 5.10 Å². The van der Waals surface area contributed by atoms with Crippen LogP contribution in [0.5, 0.6) is 0 Å². The van der Waals surface area contributed by atoms with Gasteiger partial charge in [-0.05, 0) is 18.4 Å². The quantitative estimate of drug-likeness (QED) is 0.724. The van der Waals surface area contributed by atoms with Crippen molar-refractivity contribution in [2.45, 2.75) is 26.7 Å². The predicted octanol–water partition coefficient (Wildman–Crippen LogP) is 2.09. The smallest absolute Gasteiger partial charge is 0.0865 e. The van der Waals surface area contributed by atoms with Gasteiger partial charge in [0, 0.05) is 18.1 Å². The lowest BCUT2D eigenvalue weighted by atomic mass is 10.1. The Morgan fingerprint density at radius 3 is 2.64 bits per heavy atom. The predicted molar refractivity (Wildman–Crippen MR) is 57.3 cm³/mol. The van der Waals surface area contributed by atoms with Crippen molar-refractivity contribution in [2.75, 3.05) is 0 Å². The van der Waals surface area contributed by atoms with Crippen LogP contribution in [0.15, 0.2) is 12.4 Å². The lowest BCUT2D eigenvalue weighted by Gasteiger charge is -2.05. The second kappa shape index (κ2) is 3.40. The first-order chi connectivity index (χ1) is 6.77. The molecule has 0 atom stereocenters. The second-order valence-corrected chi connectivity index (χ2v) is 3.46. The van der Waals surface area contributed by atoms with E-state index in [2.05, 4.69) is 23.9 Å². The van der Waals surface area contributed by atoms with Crippen molar-refractivity contribution in [3.8, 4) is 0 Å². The van der Waals surface area contributed by atoms with Gasteiger partial charge in [-0.25, -0.2) is 0 Å². The van der Waals surface area contributed by atoms with E-state index in [1.807, 2.05) is 24.1 Å². The molecular weight excluding hydrogens is 174 g/mol. The highest BCUT2D eigenvalue weighted by Crippen LogP contribution is 2.20. The van der Waals surface area contributed by atoms with Gasteiger partial charge in [0.2, 0.25) is 0 Å². The normalized spacial score (nSPS) is 11.1. The van der Waals surface area contributed by atoms with Crippen LogP contribution in [0.3, 0.4) is 0 Å². The van der Waals surface area contributed by atoms with Gasteiger partial charge in [-0.15, -0.1) is 0 Å². The standard InChI is InChI=1S/C11H15N3/c1-4-8-9-6-13-14(3)11(9)7-12-10(8)5-2/h6-7H,4-5H2,1-3H3. The maximum absolute atomic E-state index is 4.47. The van der Waals surface area contributed by atoms with Crippen molar-refractivity contribution in [3.05, 3.63) is 23.7 Å².